The third-order valence-corrected chi connectivity index (χ3v) is 9.96. The van der Waals surface area contributed by atoms with Gasteiger partial charge in [0, 0.05) is 45.6 Å². The molecule has 2 aromatic heterocycles. The van der Waals surface area contributed by atoms with Gasteiger partial charge >= 0.3 is 5.97 Å². The number of carboxylic acids is 1. The fourth-order valence-corrected chi connectivity index (χ4v) is 7.12. The monoisotopic (exact) mass is 721 g/mol. The van der Waals surface area contributed by atoms with Gasteiger partial charge in [-0.05, 0) is 24.7 Å². The second kappa shape index (κ2) is 25.9. The molecule has 2 aliphatic rings. The Kier molecular flexibility index (Phi) is 21.5. The van der Waals surface area contributed by atoms with Crippen molar-refractivity contribution in [1.82, 2.24) is 36.4 Å². The number of nitrogens with zero attached hydrogens (tertiary/aromatic N) is 4. The molecule has 15 heteroatoms. The number of methoxy groups -OCH3 is 2. The van der Waals surface area contributed by atoms with Crippen LogP contribution in [-0.2, 0) is 32.2 Å². The number of hydroxylamine groups is 1. The molecule has 4 rings (SSSR count). The number of rotatable bonds is 24. The van der Waals surface area contributed by atoms with Crippen molar-refractivity contribution >= 4 is 11.9 Å². The summed E-state index contributed by atoms with van der Waals surface area (Å²) in [6.07, 6.45) is 19.6. The van der Waals surface area contributed by atoms with Gasteiger partial charge in [0.25, 0.3) is 0 Å². The second-order valence-corrected chi connectivity index (χ2v) is 14.0. The van der Waals surface area contributed by atoms with Gasteiger partial charge in [-0.1, -0.05) is 100 Å². The first-order valence-corrected chi connectivity index (χ1v) is 19.1. The van der Waals surface area contributed by atoms with Gasteiger partial charge in [0.15, 0.2) is 11.6 Å². The van der Waals surface area contributed by atoms with Crippen LogP contribution in [0, 0.1) is 11.8 Å². The minimum absolute atomic E-state index is 0.0450. The SMILES string of the molecule is COCCNCc1noc([C@H](CCCC2CCCCC2)CC(=O)NO)n1.COCCNCc1noc([C@H](CCCC2CCCCC2)CC(=O)O)n1. The van der Waals surface area contributed by atoms with Crippen molar-refractivity contribution < 1.29 is 38.4 Å². The Labute approximate surface area is 302 Å². The van der Waals surface area contributed by atoms with E-state index in [0.717, 1.165) is 37.5 Å². The van der Waals surface area contributed by atoms with E-state index in [-0.39, 0.29) is 24.7 Å². The molecule has 1 amide bonds. The highest BCUT2D eigenvalue weighted by molar-refractivity contribution is 5.75. The van der Waals surface area contributed by atoms with Crippen molar-refractivity contribution in [3.05, 3.63) is 23.4 Å². The summed E-state index contributed by atoms with van der Waals surface area (Å²) in [5, 5.41) is 32.3. The second-order valence-electron chi connectivity index (χ2n) is 14.0. The van der Waals surface area contributed by atoms with Crippen LogP contribution in [0.1, 0.15) is 151 Å². The Balaban J connectivity index is 0.000000276. The van der Waals surface area contributed by atoms with E-state index in [1.54, 1.807) is 19.7 Å². The molecule has 0 unspecified atom stereocenters. The first-order chi connectivity index (χ1) is 24.9. The third-order valence-electron chi connectivity index (χ3n) is 9.96. The maximum Gasteiger partial charge on any atom is 0.304 e. The van der Waals surface area contributed by atoms with E-state index in [1.165, 1.54) is 77.0 Å². The average Bonchev–Trinajstić information content (AvgIpc) is 3.82. The number of ether oxygens (including phenoxy) is 2. The highest BCUT2D eigenvalue weighted by atomic mass is 16.5. The molecule has 0 bridgehead atoms. The first kappa shape index (κ1) is 42.4. The van der Waals surface area contributed by atoms with Crippen molar-refractivity contribution in [3.8, 4) is 0 Å². The van der Waals surface area contributed by atoms with E-state index < -0.39 is 11.9 Å². The van der Waals surface area contributed by atoms with E-state index in [0.29, 0.717) is 62.8 Å². The molecule has 51 heavy (non-hydrogen) atoms. The standard InChI is InChI=1S/C18H32N4O4.C18H31N3O4/c1-25-11-10-19-13-16-20-18(26-22-16)15(12-17(23)21-24)9-5-8-14-6-3-2-4-7-14;1-24-11-10-19-13-16-20-18(25-21-16)15(12-17(22)23)9-5-8-14-6-3-2-4-7-14/h14-15,19,24H,2-13H2,1H3,(H,21,23);14-15,19H,2-13H2,1H3,(H,22,23)/t2*15-/m11/s1. The summed E-state index contributed by atoms with van der Waals surface area (Å²) in [6, 6.07) is 0. The maximum atomic E-state index is 11.6. The van der Waals surface area contributed by atoms with Crippen LogP contribution in [0.2, 0.25) is 0 Å². The van der Waals surface area contributed by atoms with Crippen LogP contribution in [0.25, 0.3) is 0 Å². The van der Waals surface area contributed by atoms with Gasteiger partial charge in [-0.3, -0.25) is 14.8 Å². The van der Waals surface area contributed by atoms with Crippen molar-refractivity contribution in [3.63, 3.8) is 0 Å². The number of hydrogen-bond donors (Lipinski definition) is 5. The van der Waals surface area contributed by atoms with Gasteiger partial charge in [-0.15, -0.1) is 0 Å². The zero-order chi connectivity index (χ0) is 36.5. The van der Waals surface area contributed by atoms with Crippen LogP contribution < -0.4 is 16.1 Å². The maximum absolute atomic E-state index is 11.6. The van der Waals surface area contributed by atoms with Crippen molar-refractivity contribution in [2.24, 2.45) is 11.8 Å². The van der Waals surface area contributed by atoms with Crippen LogP contribution in [0.4, 0.5) is 0 Å². The van der Waals surface area contributed by atoms with E-state index >= 15 is 0 Å². The number of carboxylic acid groups (broad SMARTS) is 1. The lowest BCUT2D eigenvalue weighted by atomic mass is 9.84. The molecule has 2 atom stereocenters. The van der Waals surface area contributed by atoms with Gasteiger partial charge in [0.05, 0.1) is 32.7 Å². The fourth-order valence-electron chi connectivity index (χ4n) is 7.12. The Bertz CT molecular complexity index is 1200. The molecular formula is C36H63N7O8. The quantitative estimate of drug-likeness (QED) is 0.0505. The minimum atomic E-state index is -0.819. The predicted octanol–water partition coefficient (Wildman–Crippen LogP) is 5.65. The Morgan fingerprint density at radius 3 is 1.61 bits per heavy atom. The van der Waals surface area contributed by atoms with Crippen molar-refractivity contribution in [1.29, 1.82) is 0 Å². The first-order valence-electron chi connectivity index (χ1n) is 19.1. The van der Waals surface area contributed by atoms with Crippen LogP contribution in [0.15, 0.2) is 9.05 Å². The summed E-state index contributed by atoms with van der Waals surface area (Å²) < 4.78 is 20.7. The molecular weight excluding hydrogens is 658 g/mol. The van der Waals surface area contributed by atoms with Crippen LogP contribution in [0.3, 0.4) is 0 Å². The number of aromatic nitrogens is 4. The molecule has 290 valence electrons. The number of carbonyl (C=O) groups excluding carboxylic acids is 1. The highest BCUT2D eigenvalue weighted by Gasteiger charge is 2.24. The number of hydrogen-bond acceptors (Lipinski definition) is 13. The summed E-state index contributed by atoms with van der Waals surface area (Å²) in [5.41, 5.74) is 1.71. The molecule has 0 aliphatic heterocycles. The summed E-state index contributed by atoms with van der Waals surface area (Å²) >= 11 is 0. The van der Waals surface area contributed by atoms with E-state index in [4.69, 9.17) is 23.7 Å². The molecule has 15 nitrogen and oxygen atoms in total. The number of aliphatic carboxylic acids is 1. The summed E-state index contributed by atoms with van der Waals surface area (Å²) in [5.74, 6) is 2.07. The van der Waals surface area contributed by atoms with Gasteiger partial charge < -0.3 is 34.3 Å². The lowest BCUT2D eigenvalue weighted by molar-refractivity contribution is -0.137. The minimum Gasteiger partial charge on any atom is -0.481 e. The van der Waals surface area contributed by atoms with Gasteiger partial charge in [-0.25, -0.2) is 5.48 Å². The van der Waals surface area contributed by atoms with Gasteiger partial charge in [0.2, 0.25) is 17.7 Å². The summed E-state index contributed by atoms with van der Waals surface area (Å²) in [4.78, 5) is 31.6. The zero-order valence-corrected chi connectivity index (χ0v) is 30.9. The number of nitrogens with one attached hydrogen (secondary N) is 3. The molecule has 5 N–H and O–H groups in total. The summed E-state index contributed by atoms with van der Waals surface area (Å²) in [6.45, 7) is 3.64. The molecule has 0 aromatic carbocycles. The van der Waals surface area contributed by atoms with Gasteiger partial charge in [-0.2, -0.15) is 9.97 Å². The number of amides is 1. The normalized spacial score (nSPS) is 16.7. The topological polar surface area (TPSA) is 207 Å². The van der Waals surface area contributed by atoms with E-state index in [1.807, 2.05) is 0 Å². The lowest BCUT2D eigenvalue weighted by Gasteiger charge is -2.22. The average molecular weight is 722 g/mol. The molecule has 0 spiro atoms. The Morgan fingerprint density at radius 2 is 1.20 bits per heavy atom. The van der Waals surface area contributed by atoms with Crippen molar-refractivity contribution in [2.75, 3.05) is 40.5 Å². The molecule has 2 aliphatic carbocycles. The van der Waals surface area contributed by atoms with Gasteiger partial charge in [0.1, 0.15) is 0 Å². The fraction of sp³-hybridized carbons (Fsp3) is 0.833. The molecule has 2 heterocycles. The van der Waals surface area contributed by atoms with E-state index in [9.17, 15) is 14.7 Å². The predicted molar refractivity (Wildman–Crippen MR) is 189 cm³/mol. The Hall–Kier alpha value is -2.98. The lowest BCUT2D eigenvalue weighted by Crippen LogP contribution is -2.21. The number of carbonyl (C=O) groups is 2. The summed E-state index contributed by atoms with van der Waals surface area (Å²) in [7, 11) is 3.30. The molecule has 2 saturated carbocycles. The van der Waals surface area contributed by atoms with Crippen molar-refractivity contribution in [2.45, 2.75) is 141 Å². The molecule has 2 fully saturated rings. The molecule has 2 aromatic rings. The highest BCUT2D eigenvalue weighted by Crippen LogP contribution is 2.32. The molecule has 0 radical (unpaired) electrons. The van der Waals surface area contributed by atoms with Crippen LogP contribution >= 0.6 is 0 Å². The zero-order valence-electron chi connectivity index (χ0n) is 30.9. The largest absolute Gasteiger partial charge is 0.481 e. The van der Waals surface area contributed by atoms with E-state index in [2.05, 4.69) is 30.9 Å². The van der Waals surface area contributed by atoms with Crippen LogP contribution in [-0.4, -0.2) is 83.0 Å². The Morgan fingerprint density at radius 1 is 0.745 bits per heavy atom. The smallest absolute Gasteiger partial charge is 0.304 e. The van der Waals surface area contributed by atoms with Crippen LogP contribution in [0.5, 0.6) is 0 Å². The molecule has 0 saturated heterocycles. The third kappa shape index (κ3) is 17.9.